The third-order valence-corrected chi connectivity index (χ3v) is 2.92. The molecule has 1 unspecified atom stereocenters. The summed E-state index contributed by atoms with van der Waals surface area (Å²) in [6.45, 7) is 2.29. The minimum Gasteiger partial charge on any atom is -0.258 e. The molecular formula is C13H17N. The molecule has 0 heterocycles. The molecule has 74 valence electrons. The van der Waals surface area contributed by atoms with Crippen LogP contribution in [0.15, 0.2) is 35.3 Å². The molecule has 1 aromatic rings. The van der Waals surface area contributed by atoms with Crippen molar-refractivity contribution in [3.63, 3.8) is 0 Å². The van der Waals surface area contributed by atoms with Gasteiger partial charge in [-0.1, -0.05) is 31.5 Å². The molecule has 1 aliphatic rings. The second-order valence-corrected chi connectivity index (χ2v) is 4.09. The van der Waals surface area contributed by atoms with E-state index in [9.17, 15) is 0 Å². The fourth-order valence-corrected chi connectivity index (χ4v) is 2.00. The summed E-state index contributed by atoms with van der Waals surface area (Å²) in [5, 5.41) is 0. The van der Waals surface area contributed by atoms with Crippen LogP contribution in [0.4, 0.5) is 5.69 Å². The van der Waals surface area contributed by atoms with Crippen molar-refractivity contribution >= 4 is 11.4 Å². The zero-order chi connectivity index (χ0) is 9.80. The Morgan fingerprint density at radius 1 is 1.14 bits per heavy atom. The highest BCUT2D eigenvalue weighted by Gasteiger charge is 2.15. The minimum absolute atomic E-state index is 0.684. The fourth-order valence-electron chi connectivity index (χ4n) is 2.00. The average Bonchev–Trinajstić information content (AvgIpc) is 2.23. The maximum atomic E-state index is 4.72. The van der Waals surface area contributed by atoms with Gasteiger partial charge in [0.1, 0.15) is 0 Å². The Kier molecular flexibility index (Phi) is 2.97. The summed E-state index contributed by atoms with van der Waals surface area (Å²) < 4.78 is 0. The predicted octanol–water partition coefficient (Wildman–Crippen LogP) is 3.97. The normalized spacial score (nSPS) is 25.2. The highest BCUT2D eigenvalue weighted by Crippen LogP contribution is 2.24. The fraction of sp³-hybridized carbons (Fsp3) is 0.462. The molecule has 0 aliphatic heterocycles. The van der Waals surface area contributed by atoms with Crippen LogP contribution in [0.1, 0.15) is 32.6 Å². The lowest BCUT2D eigenvalue weighted by molar-refractivity contribution is 0.560. The molecule has 1 saturated carbocycles. The summed E-state index contributed by atoms with van der Waals surface area (Å²) in [5.74, 6) is 0.684. The maximum absolute atomic E-state index is 4.72. The molecular weight excluding hydrogens is 170 g/mol. The SMILES string of the molecule is CC1CCCC/C1=N\c1ccccc1. The summed E-state index contributed by atoms with van der Waals surface area (Å²) in [7, 11) is 0. The first-order valence-corrected chi connectivity index (χ1v) is 5.49. The molecule has 0 aromatic heterocycles. The van der Waals surface area contributed by atoms with Crippen LogP contribution in [-0.4, -0.2) is 5.71 Å². The van der Waals surface area contributed by atoms with Crippen molar-refractivity contribution in [2.45, 2.75) is 32.6 Å². The Bertz CT molecular complexity index is 313. The van der Waals surface area contributed by atoms with E-state index >= 15 is 0 Å². The van der Waals surface area contributed by atoms with E-state index < -0.39 is 0 Å². The van der Waals surface area contributed by atoms with Gasteiger partial charge >= 0.3 is 0 Å². The highest BCUT2D eigenvalue weighted by atomic mass is 14.8. The van der Waals surface area contributed by atoms with Crippen molar-refractivity contribution in [3.05, 3.63) is 30.3 Å². The molecule has 0 bridgehead atoms. The lowest BCUT2D eigenvalue weighted by Crippen LogP contribution is -2.15. The quantitative estimate of drug-likeness (QED) is 0.630. The van der Waals surface area contributed by atoms with Crippen molar-refractivity contribution in [2.24, 2.45) is 10.9 Å². The van der Waals surface area contributed by atoms with Gasteiger partial charge in [-0.15, -0.1) is 0 Å². The summed E-state index contributed by atoms with van der Waals surface area (Å²) >= 11 is 0. The summed E-state index contributed by atoms with van der Waals surface area (Å²) in [5.41, 5.74) is 2.50. The molecule has 0 radical (unpaired) electrons. The Balaban J connectivity index is 2.17. The zero-order valence-corrected chi connectivity index (χ0v) is 8.74. The second-order valence-electron chi connectivity index (χ2n) is 4.09. The topological polar surface area (TPSA) is 12.4 Å². The van der Waals surface area contributed by atoms with Gasteiger partial charge in [0.05, 0.1) is 5.69 Å². The van der Waals surface area contributed by atoms with E-state index in [0.29, 0.717) is 5.92 Å². The van der Waals surface area contributed by atoms with Crippen molar-refractivity contribution in [2.75, 3.05) is 0 Å². The predicted molar refractivity (Wildman–Crippen MR) is 61.2 cm³/mol. The van der Waals surface area contributed by atoms with E-state index in [-0.39, 0.29) is 0 Å². The van der Waals surface area contributed by atoms with Crippen molar-refractivity contribution in [1.82, 2.24) is 0 Å². The number of nitrogens with zero attached hydrogens (tertiary/aromatic N) is 1. The molecule has 0 amide bonds. The molecule has 1 atom stereocenters. The van der Waals surface area contributed by atoms with E-state index in [2.05, 4.69) is 19.1 Å². The van der Waals surface area contributed by atoms with Gasteiger partial charge in [-0.25, -0.2) is 0 Å². The van der Waals surface area contributed by atoms with E-state index in [1.165, 1.54) is 31.4 Å². The first kappa shape index (κ1) is 9.45. The van der Waals surface area contributed by atoms with E-state index in [1.807, 2.05) is 18.2 Å². The van der Waals surface area contributed by atoms with Crippen molar-refractivity contribution < 1.29 is 0 Å². The Morgan fingerprint density at radius 2 is 1.93 bits per heavy atom. The van der Waals surface area contributed by atoms with Crippen LogP contribution in [0.25, 0.3) is 0 Å². The van der Waals surface area contributed by atoms with E-state index in [0.717, 1.165) is 5.69 Å². The maximum Gasteiger partial charge on any atom is 0.0629 e. The number of aliphatic imine (C=N–C) groups is 1. The Labute approximate surface area is 85.9 Å². The first-order valence-electron chi connectivity index (χ1n) is 5.49. The van der Waals surface area contributed by atoms with Gasteiger partial charge in [0.25, 0.3) is 0 Å². The van der Waals surface area contributed by atoms with E-state index in [1.54, 1.807) is 0 Å². The Morgan fingerprint density at radius 3 is 2.64 bits per heavy atom. The zero-order valence-electron chi connectivity index (χ0n) is 8.74. The molecule has 2 rings (SSSR count). The number of hydrogen-bond donors (Lipinski definition) is 0. The molecule has 1 aromatic carbocycles. The molecule has 1 aliphatic carbocycles. The second kappa shape index (κ2) is 4.41. The Hall–Kier alpha value is -1.11. The molecule has 1 nitrogen and oxygen atoms in total. The van der Waals surface area contributed by atoms with Crippen molar-refractivity contribution in [1.29, 1.82) is 0 Å². The molecule has 14 heavy (non-hydrogen) atoms. The molecule has 1 heteroatoms. The van der Waals surface area contributed by atoms with Crippen molar-refractivity contribution in [3.8, 4) is 0 Å². The minimum atomic E-state index is 0.684. The smallest absolute Gasteiger partial charge is 0.0629 e. The van der Waals surface area contributed by atoms with Crippen LogP contribution in [0.2, 0.25) is 0 Å². The van der Waals surface area contributed by atoms with Crippen LogP contribution in [0.5, 0.6) is 0 Å². The molecule has 1 fully saturated rings. The summed E-state index contributed by atoms with van der Waals surface area (Å²) in [6.07, 6.45) is 5.19. The lowest BCUT2D eigenvalue weighted by Gasteiger charge is -2.20. The molecule has 0 N–H and O–H groups in total. The monoisotopic (exact) mass is 187 g/mol. The van der Waals surface area contributed by atoms with Gasteiger partial charge in [0, 0.05) is 5.71 Å². The van der Waals surface area contributed by atoms with Gasteiger partial charge in [-0.2, -0.15) is 0 Å². The molecule has 0 spiro atoms. The van der Waals surface area contributed by atoms with E-state index in [4.69, 9.17) is 4.99 Å². The van der Waals surface area contributed by atoms with Crippen LogP contribution >= 0.6 is 0 Å². The third-order valence-electron chi connectivity index (χ3n) is 2.92. The standard InChI is InChI=1S/C13H17N/c1-11-7-5-6-10-13(11)14-12-8-3-2-4-9-12/h2-4,8-9,11H,5-7,10H2,1H3/b14-13+. The third kappa shape index (κ3) is 2.22. The van der Waals surface area contributed by atoms with Gasteiger partial charge in [0.15, 0.2) is 0 Å². The summed E-state index contributed by atoms with van der Waals surface area (Å²) in [4.78, 5) is 4.72. The van der Waals surface area contributed by atoms with Crippen LogP contribution < -0.4 is 0 Å². The largest absolute Gasteiger partial charge is 0.258 e. The van der Waals surface area contributed by atoms with Gasteiger partial charge in [-0.3, -0.25) is 4.99 Å². The summed E-state index contributed by atoms with van der Waals surface area (Å²) in [6, 6.07) is 10.3. The first-order chi connectivity index (χ1) is 6.86. The van der Waals surface area contributed by atoms with Crippen LogP contribution in [0.3, 0.4) is 0 Å². The van der Waals surface area contributed by atoms with Gasteiger partial charge in [0.2, 0.25) is 0 Å². The highest BCUT2D eigenvalue weighted by molar-refractivity contribution is 5.89. The number of rotatable bonds is 1. The van der Waals surface area contributed by atoms with Crippen LogP contribution in [0, 0.1) is 5.92 Å². The number of hydrogen-bond acceptors (Lipinski definition) is 1. The van der Waals surface area contributed by atoms with Gasteiger partial charge in [-0.05, 0) is 37.3 Å². The average molecular weight is 187 g/mol. The number of para-hydroxylation sites is 1. The number of benzene rings is 1. The van der Waals surface area contributed by atoms with Gasteiger partial charge < -0.3 is 0 Å². The van der Waals surface area contributed by atoms with Crippen LogP contribution in [-0.2, 0) is 0 Å². The molecule has 0 saturated heterocycles. The lowest BCUT2D eigenvalue weighted by atomic mass is 9.89.